The Morgan fingerprint density at radius 2 is 2.37 bits per heavy atom. The summed E-state index contributed by atoms with van der Waals surface area (Å²) in [5, 5.41) is 3.36. The van der Waals surface area contributed by atoms with E-state index in [4.69, 9.17) is 0 Å². The molecule has 1 aromatic rings. The molecule has 4 nitrogen and oxygen atoms in total. The highest BCUT2D eigenvalue weighted by Crippen LogP contribution is 2.21. The Balaban J connectivity index is 2.11. The van der Waals surface area contributed by atoms with Gasteiger partial charge in [-0.15, -0.1) is 0 Å². The second-order valence-corrected chi connectivity index (χ2v) is 5.27. The number of carbonyl (C=O) groups excluding carboxylic acids is 1. The molecule has 1 amide bonds. The summed E-state index contributed by atoms with van der Waals surface area (Å²) in [6.45, 7) is 5.78. The number of nitrogens with one attached hydrogen (secondary N) is 1. The van der Waals surface area contributed by atoms with Gasteiger partial charge in [-0.2, -0.15) is 0 Å². The van der Waals surface area contributed by atoms with Crippen molar-refractivity contribution >= 4 is 5.91 Å². The van der Waals surface area contributed by atoms with Gasteiger partial charge in [-0.05, 0) is 37.9 Å². The van der Waals surface area contributed by atoms with Crippen LogP contribution in [-0.2, 0) is 0 Å². The van der Waals surface area contributed by atoms with Gasteiger partial charge in [-0.3, -0.25) is 9.78 Å². The third kappa shape index (κ3) is 2.95. The fourth-order valence-electron chi connectivity index (χ4n) is 2.87. The lowest BCUT2D eigenvalue weighted by Gasteiger charge is -2.38. The zero-order chi connectivity index (χ0) is 13.8. The number of pyridine rings is 1. The van der Waals surface area contributed by atoms with Crippen LogP contribution in [0.15, 0.2) is 18.3 Å². The predicted octanol–water partition coefficient (Wildman–Crippen LogP) is 1.85. The van der Waals surface area contributed by atoms with Crippen molar-refractivity contribution in [1.82, 2.24) is 15.2 Å². The monoisotopic (exact) mass is 261 g/mol. The molecule has 19 heavy (non-hydrogen) atoms. The highest BCUT2D eigenvalue weighted by Gasteiger charge is 2.30. The summed E-state index contributed by atoms with van der Waals surface area (Å²) in [6.07, 6.45) is 3.81. The molecule has 0 saturated carbocycles. The lowest BCUT2D eigenvalue weighted by molar-refractivity contribution is 0.0625. The van der Waals surface area contributed by atoms with Crippen LogP contribution in [0.4, 0.5) is 0 Å². The van der Waals surface area contributed by atoms with E-state index in [1.807, 2.05) is 31.0 Å². The Bertz CT molecular complexity index is 447. The molecule has 0 aliphatic carbocycles. The van der Waals surface area contributed by atoms with Crippen LogP contribution in [0.25, 0.3) is 0 Å². The van der Waals surface area contributed by atoms with Crippen molar-refractivity contribution in [3.8, 4) is 0 Å². The number of amides is 1. The first-order valence-corrected chi connectivity index (χ1v) is 7.05. The van der Waals surface area contributed by atoms with E-state index in [2.05, 4.69) is 17.2 Å². The van der Waals surface area contributed by atoms with E-state index in [0.717, 1.165) is 31.5 Å². The number of likely N-dealkylation sites (tertiary alicyclic amines) is 1. The first-order valence-electron chi connectivity index (χ1n) is 7.05. The van der Waals surface area contributed by atoms with Gasteiger partial charge in [0.05, 0.1) is 0 Å². The number of rotatable bonds is 3. The van der Waals surface area contributed by atoms with Gasteiger partial charge in [0.25, 0.3) is 5.91 Å². The summed E-state index contributed by atoms with van der Waals surface area (Å²) in [5.41, 5.74) is 1.55. The Morgan fingerprint density at radius 3 is 3.00 bits per heavy atom. The molecule has 1 N–H and O–H groups in total. The molecule has 0 spiro atoms. The van der Waals surface area contributed by atoms with E-state index in [-0.39, 0.29) is 5.91 Å². The molecular weight excluding hydrogens is 238 g/mol. The fraction of sp³-hybridized carbons (Fsp3) is 0.600. The van der Waals surface area contributed by atoms with Gasteiger partial charge >= 0.3 is 0 Å². The first-order chi connectivity index (χ1) is 9.17. The molecule has 0 bridgehead atoms. The average molecular weight is 261 g/mol. The van der Waals surface area contributed by atoms with E-state index < -0.39 is 0 Å². The highest BCUT2D eigenvalue weighted by atomic mass is 16.2. The highest BCUT2D eigenvalue weighted by molar-refractivity contribution is 5.93. The van der Waals surface area contributed by atoms with Gasteiger partial charge < -0.3 is 10.2 Å². The molecule has 2 rings (SSSR count). The summed E-state index contributed by atoms with van der Waals surface area (Å²) in [6, 6.07) is 4.34. The molecule has 2 unspecified atom stereocenters. The maximum absolute atomic E-state index is 12.5. The van der Waals surface area contributed by atoms with Crippen LogP contribution >= 0.6 is 0 Å². The predicted molar refractivity (Wildman–Crippen MR) is 76.1 cm³/mol. The lowest BCUT2D eigenvalue weighted by atomic mass is 9.90. The van der Waals surface area contributed by atoms with Crippen molar-refractivity contribution in [3.63, 3.8) is 0 Å². The van der Waals surface area contributed by atoms with Crippen molar-refractivity contribution in [2.75, 3.05) is 20.1 Å². The quantitative estimate of drug-likeness (QED) is 0.903. The van der Waals surface area contributed by atoms with E-state index >= 15 is 0 Å². The molecule has 1 aliphatic rings. The Morgan fingerprint density at radius 1 is 1.58 bits per heavy atom. The third-order valence-electron chi connectivity index (χ3n) is 4.13. The molecule has 4 heteroatoms. The zero-order valence-corrected chi connectivity index (χ0v) is 12.0. The first kappa shape index (κ1) is 14.0. The third-order valence-corrected chi connectivity index (χ3v) is 4.13. The van der Waals surface area contributed by atoms with Crippen molar-refractivity contribution < 1.29 is 4.79 Å². The van der Waals surface area contributed by atoms with Gasteiger partial charge in [-0.1, -0.05) is 19.4 Å². The van der Waals surface area contributed by atoms with E-state index in [1.54, 1.807) is 6.20 Å². The summed E-state index contributed by atoms with van der Waals surface area (Å²) < 4.78 is 0. The van der Waals surface area contributed by atoms with Crippen molar-refractivity contribution in [3.05, 3.63) is 29.6 Å². The number of aromatic nitrogens is 1. The molecular formula is C15H23N3O. The molecule has 104 valence electrons. The number of hydrogen-bond acceptors (Lipinski definition) is 3. The molecule has 1 aliphatic heterocycles. The number of hydrogen-bond donors (Lipinski definition) is 1. The largest absolute Gasteiger partial charge is 0.337 e. The minimum atomic E-state index is 0.0751. The van der Waals surface area contributed by atoms with E-state index in [1.165, 1.54) is 0 Å². The standard InChI is InChI=1S/C15H23N3O/c1-4-12-10-18(9-7-13(12)16-3)15(19)14-11(2)6-5-8-17-14/h5-6,8,12-13,16H,4,7,9-10H2,1-3H3. The van der Waals surface area contributed by atoms with Gasteiger partial charge in [0, 0.05) is 25.3 Å². The lowest BCUT2D eigenvalue weighted by Crippen LogP contribution is -2.50. The van der Waals surface area contributed by atoms with Crippen LogP contribution in [0.2, 0.25) is 0 Å². The van der Waals surface area contributed by atoms with Gasteiger partial charge in [0.15, 0.2) is 0 Å². The van der Waals surface area contributed by atoms with Crippen LogP contribution in [0.1, 0.15) is 35.8 Å². The van der Waals surface area contributed by atoms with Gasteiger partial charge in [0.1, 0.15) is 5.69 Å². The maximum atomic E-state index is 12.5. The van der Waals surface area contributed by atoms with Crippen LogP contribution in [0.3, 0.4) is 0 Å². The molecule has 2 heterocycles. The smallest absolute Gasteiger partial charge is 0.272 e. The number of carbonyl (C=O) groups is 1. The van der Waals surface area contributed by atoms with Crippen LogP contribution in [-0.4, -0.2) is 42.0 Å². The molecule has 0 radical (unpaired) electrons. The zero-order valence-electron chi connectivity index (χ0n) is 12.0. The average Bonchev–Trinajstić information content (AvgIpc) is 2.46. The van der Waals surface area contributed by atoms with Crippen molar-refractivity contribution in [2.45, 2.75) is 32.7 Å². The number of piperidine rings is 1. The Labute approximate surface area is 115 Å². The van der Waals surface area contributed by atoms with Crippen LogP contribution in [0.5, 0.6) is 0 Å². The summed E-state index contributed by atoms with van der Waals surface area (Å²) in [5.74, 6) is 0.609. The minimum absolute atomic E-state index is 0.0751. The SMILES string of the molecule is CCC1CN(C(=O)c2ncccc2C)CCC1NC. The summed E-state index contributed by atoms with van der Waals surface area (Å²) in [4.78, 5) is 18.7. The minimum Gasteiger partial charge on any atom is -0.337 e. The molecule has 1 fully saturated rings. The fourth-order valence-corrected chi connectivity index (χ4v) is 2.87. The van der Waals surface area contributed by atoms with E-state index in [9.17, 15) is 4.79 Å². The Hall–Kier alpha value is -1.42. The molecule has 0 aromatic carbocycles. The van der Waals surface area contributed by atoms with Crippen LogP contribution in [0, 0.1) is 12.8 Å². The van der Waals surface area contributed by atoms with Gasteiger partial charge in [0.2, 0.25) is 0 Å². The van der Waals surface area contributed by atoms with Crippen LogP contribution < -0.4 is 5.32 Å². The van der Waals surface area contributed by atoms with Crippen molar-refractivity contribution in [1.29, 1.82) is 0 Å². The topological polar surface area (TPSA) is 45.2 Å². The molecule has 1 aromatic heterocycles. The summed E-state index contributed by atoms with van der Waals surface area (Å²) >= 11 is 0. The Kier molecular flexibility index (Phi) is 4.53. The molecule has 2 atom stereocenters. The maximum Gasteiger partial charge on any atom is 0.272 e. The molecule has 1 saturated heterocycles. The van der Waals surface area contributed by atoms with Crippen molar-refractivity contribution in [2.24, 2.45) is 5.92 Å². The number of nitrogens with zero attached hydrogens (tertiary/aromatic N) is 2. The van der Waals surface area contributed by atoms with Gasteiger partial charge in [-0.25, -0.2) is 0 Å². The second-order valence-electron chi connectivity index (χ2n) is 5.27. The normalized spacial score (nSPS) is 23.4. The van der Waals surface area contributed by atoms with E-state index in [0.29, 0.717) is 17.7 Å². The number of aryl methyl sites for hydroxylation is 1. The second kappa shape index (κ2) is 6.15. The summed E-state index contributed by atoms with van der Waals surface area (Å²) in [7, 11) is 2.01.